The molecule has 0 radical (unpaired) electrons. The van der Waals surface area contributed by atoms with Gasteiger partial charge in [-0.3, -0.25) is 4.99 Å². The largest absolute Gasteiger partial charge is 0.265 e. The molecule has 0 spiro atoms. The summed E-state index contributed by atoms with van der Waals surface area (Å²) in [7, 11) is 0. The van der Waals surface area contributed by atoms with Crippen LogP contribution >= 0.6 is 0 Å². The standard InChI is InChI=1S/C10H17N/c1-4-6-7-8-10(3)9-11-5-2/h5,8-9H,2,4,6-7H2,1,3H3/b10-8-,11-9?. The van der Waals surface area contributed by atoms with Crippen LogP contribution in [-0.4, -0.2) is 6.21 Å². The highest BCUT2D eigenvalue weighted by Crippen LogP contribution is 1.98. The van der Waals surface area contributed by atoms with E-state index in [0.29, 0.717) is 0 Å². The number of allylic oxidation sites excluding steroid dienone is 2. The summed E-state index contributed by atoms with van der Waals surface area (Å²) in [6.45, 7) is 7.76. The molecule has 0 aromatic carbocycles. The van der Waals surface area contributed by atoms with Crippen LogP contribution in [-0.2, 0) is 0 Å². The van der Waals surface area contributed by atoms with Crippen LogP contribution in [0.15, 0.2) is 29.4 Å². The lowest BCUT2D eigenvalue weighted by Gasteiger charge is -1.90. The van der Waals surface area contributed by atoms with E-state index in [4.69, 9.17) is 0 Å². The van der Waals surface area contributed by atoms with E-state index >= 15 is 0 Å². The highest BCUT2D eigenvalue weighted by atomic mass is 14.6. The first-order chi connectivity index (χ1) is 5.31. The third-order valence-corrected chi connectivity index (χ3v) is 1.41. The Morgan fingerprint density at radius 3 is 2.82 bits per heavy atom. The molecule has 0 aliphatic carbocycles. The van der Waals surface area contributed by atoms with Gasteiger partial charge in [-0.2, -0.15) is 0 Å². The number of unbranched alkanes of at least 4 members (excludes halogenated alkanes) is 2. The van der Waals surface area contributed by atoms with E-state index in [2.05, 4.69) is 31.5 Å². The first kappa shape index (κ1) is 10.2. The maximum atomic E-state index is 3.92. The first-order valence-corrected chi connectivity index (χ1v) is 4.12. The van der Waals surface area contributed by atoms with Crippen molar-refractivity contribution in [3.8, 4) is 0 Å². The predicted octanol–water partition coefficient (Wildman–Crippen LogP) is 3.34. The second-order valence-electron chi connectivity index (χ2n) is 2.55. The fourth-order valence-electron chi connectivity index (χ4n) is 0.757. The minimum atomic E-state index is 1.16. The molecule has 0 unspecified atom stereocenters. The Hall–Kier alpha value is -0.850. The highest BCUT2D eigenvalue weighted by Gasteiger charge is 1.82. The van der Waals surface area contributed by atoms with E-state index in [1.165, 1.54) is 18.4 Å². The van der Waals surface area contributed by atoms with Crippen molar-refractivity contribution in [2.45, 2.75) is 33.1 Å². The van der Waals surface area contributed by atoms with Crippen molar-refractivity contribution in [1.82, 2.24) is 0 Å². The summed E-state index contributed by atoms with van der Waals surface area (Å²) in [6.07, 6.45) is 9.27. The van der Waals surface area contributed by atoms with Crippen molar-refractivity contribution in [2.24, 2.45) is 4.99 Å². The second kappa shape index (κ2) is 7.26. The van der Waals surface area contributed by atoms with Crippen molar-refractivity contribution >= 4 is 6.21 Å². The fraction of sp³-hybridized carbons (Fsp3) is 0.500. The van der Waals surface area contributed by atoms with Crippen LogP contribution in [0.4, 0.5) is 0 Å². The number of hydrogen-bond donors (Lipinski definition) is 0. The zero-order chi connectivity index (χ0) is 8.53. The van der Waals surface area contributed by atoms with Crippen LogP contribution < -0.4 is 0 Å². The molecule has 0 aromatic heterocycles. The van der Waals surface area contributed by atoms with Crippen LogP contribution in [0.2, 0.25) is 0 Å². The SMILES string of the molecule is C=CN=C/C(C)=C\CCCC. The van der Waals surface area contributed by atoms with E-state index < -0.39 is 0 Å². The van der Waals surface area contributed by atoms with Crippen LogP contribution in [0.1, 0.15) is 33.1 Å². The van der Waals surface area contributed by atoms with E-state index in [0.717, 1.165) is 6.42 Å². The lowest BCUT2D eigenvalue weighted by Crippen LogP contribution is -1.77. The lowest BCUT2D eigenvalue weighted by molar-refractivity contribution is 0.813. The molecule has 62 valence electrons. The molecule has 11 heavy (non-hydrogen) atoms. The van der Waals surface area contributed by atoms with Crippen molar-refractivity contribution < 1.29 is 0 Å². The van der Waals surface area contributed by atoms with E-state index in [1.54, 1.807) is 6.20 Å². The van der Waals surface area contributed by atoms with Gasteiger partial charge in [-0.15, -0.1) is 0 Å². The monoisotopic (exact) mass is 151 g/mol. The zero-order valence-corrected chi connectivity index (χ0v) is 7.51. The molecule has 0 aliphatic rings. The maximum absolute atomic E-state index is 3.92. The molecule has 0 N–H and O–H groups in total. The Morgan fingerprint density at radius 2 is 2.27 bits per heavy atom. The topological polar surface area (TPSA) is 12.4 Å². The molecule has 0 saturated heterocycles. The van der Waals surface area contributed by atoms with Gasteiger partial charge in [0.2, 0.25) is 0 Å². The summed E-state index contributed by atoms with van der Waals surface area (Å²) in [4.78, 5) is 3.92. The van der Waals surface area contributed by atoms with Crippen molar-refractivity contribution in [2.75, 3.05) is 0 Å². The number of rotatable bonds is 5. The second-order valence-corrected chi connectivity index (χ2v) is 2.55. The molecule has 0 fully saturated rings. The third kappa shape index (κ3) is 7.04. The smallest absolute Gasteiger partial charge is 0.0293 e. The van der Waals surface area contributed by atoms with E-state index in [1.807, 2.05) is 6.21 Å². The van der Waals surface area contributed by atoms with Crippen molar-refractivity contribution in [1.29, 1.82) is 0 Å². The molecular weight excluding hydrogens is 134 g/mol. The normalized spacial score (nSPS) is 12.4. The molecule has 0 aliphatic heterocycles. The number of hydrogen-bond acceptors (Lipinski definition) is 1. The van der Waals surface area contributed by atoms with Gasteiger partial charge in [-0.1, -0.05) is 32.4 Å². The van der Waals surface area contributed by atoms with Crippen LogP contribution in [0.5, 0.6) is 0 Å². The van der Waals surface area contributed by atoms with Gasteiger partial charge in [0.15, 0.2) is 0 Å². The number of aliphatic imine (C=N–C) groups is 1. The molecule has 1 heteroatoms. The Morgan fingerprint density at radius 1 is 1.55 bits per heavy atom. The van der Waals surface area contributed by atoms with Crippen LogP contribution in [0.3, 0.4) is 0 Å². The molecule has 1 nitrogen and oxygen atoms in total. The minimum absolute atomic E-state index is 1.16. The molecule has 0 heterocycles. The van der Waals surface area contributed by atoms with E-state index in [9.17, 15) is 0 Å². The lowest BCUT2D eigenvalue weighted by atomic mass is 10.2. The minimum Gasteiger partial charge on any atom is -0.265 e. The van der Waals surface area contributed by atoms with Crippen molar-refractivity contribution in [3.63, 3.8) is 0 Å². The molecule has 0 aromatic rings. The van der Waals surface area contributed by atoms with Crippen LogP contribution in [0, 0.1) is 0 Å². The van der Waals surface area contributed by atoms with Gasteiger partial charge < -0.3 is 0 Å². The molecule has 0 amide bonds. The Kier molecular flexibility index (Phi) is 6.70. The number of nitrogens with zero attached hydrogens (tertiary/aromatic N) is 1. The van der Waals surface area contributed by atoms with Crippen LogP contribution in [0.25, 0.3) is 0 Å². The summed E-state index contributed by atoms with van der Waals surface area (Å²) in [5.41, 5.74) is 1.22. The summed E-state index contributed by atoms with van der Waals surface area (Å²) in [5, 5.41) is 0. The fourth-order valence-corrected chi connectivity index (χ4v) is 0.757. The van der Waals surface area contributed by atoms with Gasteiger partial charge in [-0.25, -0.2) is 0 Å². The quantitative estimate of drug-likeness (QED) is 0.422. The molecular formula is C10H17N. The highest BCUT2D eigenvalue weighted by molar-refractivity contribution is 5.77. The third-order valence-electron chi connectivity index (χ3n) is 1.41. The summed E-state index contributed by atoms with van der Waals surface area (Å²) < 4.78 is 0. The van der Waals surface area contributed by atoms with Crippen molar-refractivity contribution in [3.05, 3.63) is 24.4 Å². The van der Waals surface area contributed by atoms with Gasteiger partial charge in [0.25, 0.3) is 0 Å². The van der Waals surface area contributed by atoms with Gasteiger partial charge >= 0.3 is 0 Å². The molecule has 0 bridgehead atoms. The van der Waals surface area contributed by atoms with Gasteiger partial charge in [0.05, 0.1) is 0 Å². The zero-order valence-electron chi connectivity index (χ0n) is 7.51. The van der Waals surface area contributed by atoms with Gasteiger partial charge in [0, 0.05) is 12.4 Å². The Balaban J connectivity index is 3.62. The molecule has 0 rings (SSSR count). The summed E-state index contributed by atoms with van der Waals surface area (Å²) >= 11 is 0. The summed E-state index contributed by atoms with van der Waals surface area (Å²) in [6, 6.07) is 0. The molecule has 0 atom stereocenters. The summed E-state index contributed by atoms with van der Waals surface area (Å²) in [5.74, 6) is 0. The average molecular weight is 151 g/mol. The van der Waals surface area contributed by atoms with E-state index in [-0.39, 0.29) is 0 Å². The van der Waals surface area contributed by atoms with Gasteiger partial charge in [0.1, 0.15) is 0 Å². The average Bonchev–Trinajstić information content (AvgIpc) is 2.01. The first-order valence-electron chi connectivity index (χ1n) is 4.12. The molecule has 0 saturated carbocycles. The predicted molar refractivity (Wildman–Crippen MR) is 52.0 cm³/mol. The Labute approximate surface area is 69.5 Å². The Bertz CT molecular complexity index is 154. The van der Waals surface area contributed by atoms with Gasteiger partial charge in [-0.05, 0) is 18.9 Å². The maximum Gasteiger partial charge on any atom is 0.0293 e.